The highest BCUT2D eigenvalue weighted by Crippen LogP contribution is 2.31. The number of nitrogens with zero attached hydrogens (tertiary/aromatic N) is 1. The molecule has 1 atom stereocenters. The normalized spacial score (nSPS) is 21.2. The van der Waals surface area contributed by atoms with Gasteiger partial charge < -0.3 is 10.2 Å². The van der Waals surface area contributed by atoms with Gasteiger partial charge in [0.25, 0.3) is 0 Å². The van der Waals surface area contributed by atoms with Gasteiger partial charge in [0, 0.05) is 23.0 Å². The zero-order chi connectivity index (χ0) is 15.0. The first-order valence-electron chi connectivity index (χ1n) is 7.09. The molecule has 0 spiro atoms. The monoisotopic (exact) mass is 310 g/mol. The summed E-state index contributed by atoms with van der Waals surface area (Å²) in [4.78, 5) is 25.5. The van der Waals surface area contributed by atoms with Gasteiger partial charge in [0.2, 0.25) is 11.8 Å². The summed E-state index contributed by atoms with van der Waals surface area (Å²) in [6.45, 7) is 0.154. The molecule has 4 nitrogen and oxygen atoms in total. The number of carbonyl (C=O) groups excluding carboxylic acids is 2. The van der Waals surface area contributed by atoms with Crippen LogP contribution in [0.5, 0.6) is 0 Å². The van der Waals surface area contributed by atoms with Crippen LogP contribution < -0.4 is 5.32 Å². The maximum Gasteiger partial charge on any atom is 0.245 e. The van der Waals surface area contributed by atoms with Crippen LogP contribution in [0.2, 0.25) is 5.02 Å². The van der Waals surface area contributed by atoms with E-state index in [4.69, 9.17) is 11.6 Å². The first-order chi connectivity index (χ1) is 10.1. The van der Waals surface area contributed by atoms with Crippen LogP contribution in [-0.2, 0) is 16.1 Å². The molecule has 3 rings (SSSR count). The fraction of sp³-hybridized carbons (Fsp3) is 0.467. The van der Waals surface area contributed by atoms with Gasteiger partial charge in [0.1, 0.15) is 11.9 Å². The fourth-order valence-corrected chi connectivity index (χ4v) is 2.85. The van der Waals surface area contributed by atoms with Gasteiger partial charge in [-0.1, -0.05) is 17.7 Å². The zero-order valence-electron chi connectivity index (χ0n) is 11.4. The lowest BCUT2D eigenvalue weighted by molar-refractivity contribution is -0.135. The lowest BCUT2D eigenvalue weighted by Crippen LogP contribution is -2.45. The van der Waals surface area contributed by atoms with Crippen molar-refractivity contribution >= 4 is 23.4 Å². The molecule has 1 aromatic rings. The molecule has 21 heavy (non-hydrogen) atoms. The molecule has 1 aliphatic heterocycles. The highest BCUT2D eigenvalue weighted by molar-refractivity contribution is 6.31. The van der Waals surface area contributed by atoms with Crippen LogP contribution in [0.15, 0.2) is 18.2 Å². The van der Waals surface area contributed by atoms with Crippen LogP contribution >= 0.6 is 11.6 Å². The van der Waals surface area contributed by atoms with Gasteiger partial charge in [-0.25, -0.2) is 4.39 Å². The molecule has 1 N–H and O–H groups in total. The lowest BCUT2D eigenvalue weighted by Gasteiger charge is -2.26. The van der Waals surface area contributed by atoms with Gasteiger partial charge in [0.15, 0.2) is 0 Å². The molecule has 0 radical (unpaired) electrons. The van der Waals surface area contributed by atoms with E-state index in [1.807, 2.05) is 0 Å². The summed E-state index contributed by atoms with van der Waals surface area (Å²) in [5, 5.41) is 3.00. The molecule has 6 heteroatoms. The second kappa shape index (κ2) is 5.64. The number of amides is 2. The number of benzene rings is 1. The summed E-state index contributed by atoms with van der Waals surface area (Å²) >= 11 is 6.04. The van der Waals surface area contributed by atoms with E-state index in [0.29, 0.717) is 23.4 Å². The predicted molar refractivity (Wildman–Crippen MR) is 76.1 cm³/mol. The molecule has 0 unspecified atom stereocenters. The second-order valence-electron chi connectivity index (χ2n) is 5.56. The Morgan fingerprint density at radius 1 is 1.38 bits per heavy atom. The summed E-state index contributed by atoms with van der Waals surface area (Å²) in [6, 6.07) is 4.15. The van der Waals surface area contributed by atoms with Gasteiger partial charge in [-0.3, -0.25) is 9.59 Å². The Hall–Kier alpha value is -1.62. The van der Waals surface area contributed by atoms with Crippen LogP contribution in [0.3, 0.4) is 0 Å². The minimum absolute atomic E-state index is 0.104. The van der Waals surface area contributed by atoms with Crippen molar-refractivity contribution in [2.75, 3.05) is 0 Å². The molecule has 1 aromatic carbocycles. The molecule has 2 aliphatic rings. The summed E-state index contributed by atoms with van der Waals surface area (Å²) in [7, 11) is 0. The average molecular weight is 311 g/mol. The van der Waals surface area contributed by atoms with Gasteiger partial charge >= 0.3 is 0 Å². The fourth-order valence-electron chi connectivity index (χ4n) is 2.63. The molecule has 0 bridgehead atoms. The largest absolute Gasteiger partial charge is 0.344 e. The van der Waals surface area contributed by atoms with E-state index < -0.39 is 11.9 Å². The highest BCUT2D eigenvalue weighted by atomic mass is 35.5. The Kier molecular flexibility index (Phi) is 3.85. The Bertz CT molecular complexity index is 569. The molecule has 1 heterocycles. The Morgan fingerprint density at radius 3 is 2.71 bits per heavy atom. The van der Waals surface area contributed by atoms with Crippen LogP contribution in [0.1, 0.15) is 31.2 Å². The van der Waals surface area contributed by atoms with E-state index >= 15 is 0 Å². The SMILES string of the molecule is O=C1CC[C@H](C(=O)N(Cc2c(F)cccc2Cl)C2CC2)N1. The maximum absolute atomic E-state index is 13.9. The summed E-state index contributed by atoms with van der Waals surface area (Å²) < 4.78 is 13.9. The minimum Gasteiger partial charge on any atom is -0.344 e. The van der Waals surface area contributed by atoms with Crippen molar-refractivity contribution in [2.24, 2.45) is 0 Å². The standard InChI is InChI=1S/C15H16ClFN2O2/c16-11-2-1-3-12(17)10(11)8-19(9-4-5-9)15(21)13-6-7-14(20)18-13/h1-3,9,13H,4-8H2,(H,18,20)/t13-/m1/s1. The van der Waals surface area contributed by atoms with Crippen molar-refractivity contribution in [3.8, 4) is 0 Å². The lowest BCUT2D eigenvalue weighted by atomic mass is 10.1. The summed E-state index contributed by atoms with van der Waals surface area (Å²) in [6.07, 6.45) is 2.71. The van der Waals surface area contributed by atoms with E-state index in [9.17, 15) is 14.0 Å². The molecule has 1 saturated heterocycles. The van der Waals surface area contributed by atoms with E-state index in [0.717, 1.165) is 12.8 Å². The van der Waals surface area contributed by atoms with Crippen molar-refractivity contribution in [3.05, 3.63) is 34.6 Å². The first-order valence-corrected chi connectivity index (χ1v) is 7.47. The smallest absolute Gasteiger partial charge is 0.245 e. The summed E-state index contributed by atoms with van der Waals surface area (Å²) in [5.41, 5.74) is 0.337. The van der Waals surface area contributed by atoms with E-state index in [1.54, 1.807) is 17.0 Å². The first kappa shape index (κ1) is 14.3. The number of nitrogens with one attached hydrogen (secondary N) is 1. The minimum atomic E-state index is -0.483. The predicted octanol–water partition coefficient (Wildman–Crippen LogP) is 2.25. The van der Waals surface area contributed by atoms with Crippen molar-refractivity contribution in [1.82, 2.24) is 10.2 Å². The molecule has 1 saturated carbocycles. The molecule has 1 aliphatic carbocycles. The van der Waals surface area contributed by atoms with Crippen LogP contribution in [0, 0.1) is 5.82 Å². The summed E-state index contributed by atoms with van der Waals surface area (Å²) in [5.74, 6) is -0.646. The van der Waals surface area contributed by atoms with Crippen molar-refractivity contribution in [1.29, 1.82) is 0 Å². The van der Waals surface area contributed by atoms with Crippen LogP contribution in [0.4, 0.5) is 4.39 Å². The molecular weight excluding hydrogens is 295 g/mol. The topological polar surface area (TPSA) is 49.4 Å². The third-order valence-corrected chi connectivity index (χ3v) is 4.31. The number of hydrogen-bond donors (Lipinski definition) is 1. The molecule has 112 valence electrons. The van der Waals surface area contributed by atoms with Crippen molar-refractivity contribution in [2.45, 2.75) is 44.3 Å². The molecule has 2 fully saturated rings. The van der Waals surface area contributed by atoms with E-state index in [-0.39, 0.29) is 24.4 Å². The van der Waals surface area contributed by atoms with Crippen LogP contribution in [0.25, 0.3) is 0 Å². The third-order valence-electron chi connectivity index (χ3n) is 3.95. The Labute approximate surface area is 127 Å². The quantitative estimate of drug-likeness (QED) is 0.927. The molecule has 2 amide bonds. The van der Waals surface area contributed by atoms with Gasteiger partial charge in [0.05, 0.1) is 6.54 Å². The average Bonchev–Trinajstić information content (AvgIpc) is 3.19. The van der Waals surface area contributed by atoms with Crippen molar-refractivity contribution < 1.29 is 14.0 Å². The van der Waals surface area contributed by atoms with Crippen molar-refractivity contribution in [3.63, 3.8) is 0 Å². The Balaban J connectivity index is 1.79. The van der Waals surface area contributed by atoms with Gasteiger partial charge in [-0.15, -0.1) is 0 Å². The van der Waals surface area contributed by atoms with Gasteiger partial charge in [-0.05, 0) is 31.4 Å². The number of carbonyl (C=O) groups is 2. The molecule has 0 aromatic heterocycles. The highest BCUT2D eigenvalue weighted by Gasteiger charge is 2.38. The second-order valence-corrected chi connectivity index (χ2v) is 5.96. The number of hydrogen-bond acceptors (Lipinski definition) is 2. The molecular formula is C15H16ClFN2O2. The van der Waals surface area contributed by atoms with Crippen LogP contribution in [-0.4, -0.2) is 28.8 Å². The maximum atomic E-state index is 13.9. The number of halogens is 2. The zero-order valence-corrected chi connectivity index (χ0v) is 12.2. The Morgan fingerprint density at radius 2 is 2.14 bits per heavy atom. The van der Waals surface area contributed by atoms with E-state index in [1.165, 1.54) is 6.07 Å². The number of rotatable bonds is 4. The van der Waals surface area contributed by atoms with E-state index in [2.05, 4.69) is 5.32 Å². The third kappa shape index (κ3) is 3.02. The van der Waals surface area contributed by atoms with Gasteiger partial charge in [-0.2, -0.15) is 0 Å².